The zero-order valence-corrected chi connectivity index (χ0v) is 18.0. The number of amides is 2. The number of carbonyl (C=O) groups is 2. The molecular weight excluding hydrogens is 400 g/mol. The maximum Gasteiger partial charge on any atom is 0.252 e. The van der Waals surface area contributed by atoms with Crippen LogP contribution in [0.4, 0.5) is 0 Å². The van der Waals surface area contributed by atoms with Gasteiger partial charge in [-0.05, 0) is 43.9 Å². The van der Waals surface area contributed by atoms with Gasteiger partial charge in [0.05, 0.1) is 16.7 Å². The lowest BCUT2D eigenvalue weighted by molar-refractivity contribution is -0.137. The van der Waals surface area contributed by atoms with E-state index in [-0.39, 0.29) is 11.8 Å². The maximum atomic E-state index is 13.8. The highest BCUT2D eigenvalue weighted by molar-refractivity contribution is 6.30. The number of hydrogen-bond acceptors (Lipinski definition) is 4. The van der Waals surface area contributed by atoms with Gasteiger partial charge in [-0.15, -0.1) is 0 Å². The summed E-state index contributed by atoms with van der Waals surface area (Å²) < 4.78 is 0. The Bertz CT molecular complexity index is 954. The van der Waals surface area contributed by atoms with E-state index in [1.54, 1.807) is 6.92 Å². The van der Waals surface area contributed by atoms with Crippen LogP contribution in [-0.4, -0.2) is 39.8 Å². The fourth-order valence-electron chi connectivity index (χ4n) is 4.93. The zero-order chi connectivity index (χ0) is 21.3. The fraction of sp³-hybridized carbons (Fsp3) is 0.478. The number of rotatable bonds is 4. The molecule has 4 rings (SSSR count). The monoisotopic (exact) mass is 426 g/mol. The molecular formula is C23H27ClN4O2. The highest BCUT2D eigenvalue weighted by atomic mass is 35.5. The average Bonchev–Trinajstić information content (AvgIpc) is 3.24. The quantitative estimate of drug-likeness (QED) is 0.806. The lowest BCUT2D eigenvalue weighted by Crippen LogP contribution is -2.47. The number of halogens is 1. The van der Waals surface area contributed by atoms with Crippen LogP contribution in [0.1, 0.15) is 71.9 Å². The van der Waals surface area contributed by atoms with Crippen molar-refractivity contribution in [1.82, 2.24) is 14.9 Å². The van der Waals surface area contributed by atoms with Crippen molar-refractivity contribution in [3.05, 3.63) is 58.1 Å². The van der Waals surface area contributed by atoms with Crippen molar-refractivity contribution in [2.75, 3.05) is 13.1 Å². The summed E-state index contributed by atoms with van der Waals surface area (Å²) in [6, 6.07) is 7.77. The lowest BCUT2D eigenvalue weighted by atomic mass is 9.68. The van der Waals surface area contributed by atoms with Crippen LogP contribution in [0, 0.1) is 6.92 Å². The molecule has 2 heterocycles. The van der Waals surface area contributed by atoms with E-state index < -0.39 is 11.3 Å². The number of nitrogens with zero attached hydrogens (tertiary/aromatic N) is 3. The zero-order valence-electron chi connectivity index (χ0n) is 17.2. The van der Waals surface area contributed by atoms with E-state index in [0.717, 1.165) is 37.7 Å². The number of hydrogen-bond donors (Lipinski definition) is 1. The third-order valence-corrected chi connectivity index (χ3v) is 6.87. The smallest absolute Gasteiger partial charge is 0.252 e. The van der Waals surface area contributed by atoms with Gasteiger partial charge in [-0.25, -0.2) is 9.97 Å². The van der Waals surface area contributed by atoms with Crippen molar-refractivity contribution in [3.63, 3.8) is 0 Å². The molecule has 158 valence electrons. The standard InChI is InChI=1S/C23H27ClN4O2/c1-15-19(20(25)29)13-26-21(27-15)16-9-12-28(14-16)22(30)23(10-3-2-4-11-23)17-5-7-18(24)8-6-17/h5-8,13,16H,2-4,9-12,14H2,1H3,(H2,25,29)/t16-/m0/s1. The van der Waals surface area contributed by atoms with Crippen LogP contribution in [0.15, 0.2) is 30.5 Å². The van der Waals surface area contributed by atoms with Crippen molar-refractivity contribution in [1.29, 1.82) is 0 Å². The van der Waals surface area contributed by atoms with Gasteiger partial charge in [-0.2, -0.15) is 0 Å². The summed E-state index contributed by atoms with van der Waals surface area (Å²) in [4.78, 5) is 36.1. The van der Waals surface area contributed by atoms with E-state index in [1.165, 1.54) is 12.6 Å². The average molecular weight is 427 g/mol. The molecule has 2 aromatic rings. The molecule has 30 heavy (non-hydrogen) atoms. The summed E-state index contributed by atoms with van der Waals surface area (Å²) in [5.74, 6) is 0.430. The number of aryl methyl sites for hydroxylation is 1. The minimum absolute atomic E-state index is 0.0698. The van der Waals surface area contributed by atoms with Crippen LogP contribution in [0.5, 0.6) is 0 Å². The molecule has 2 amide bonds. The summed E-state index contributed by atoms with van der Waals surface area (Å²) in [5, 5.41) is 0.685. The third kappa shape index (κ3) is 3.81. The highest BCUT2D eigenvalue weighted by Crippen LogP contribution is 2.42. The summed E-state index contributed by atoms with van der Waals surface area (Å²) in [6.45, 7) is 3.06. The molecule has 1 aliphatic heterocycles. The van der Waals surface area contributed by atoms with Crippen molar-refractivity contribution < 1.29 is 9.59 Å². The summed E-state index contributed by atoms with van der Waals surface area (Å²) in [5.41, 5.74) is 6.89. The van der Waals surface area contributed by atoms with Crippen LogP contribution < -0.4 is 5.73 Å². The summed E-state index contributed by atoms with van der Waals surface area (Å²) in [7, 11) is 0. The first-order valence-electron chi connectivity index (χ1n) is 10.6. The van der Waals surface area contributed by atoms with Crippen molar-refractivity contribution in [2.24, 2.45) is 5.73 Å². The van der Waals surface area contributed by atoms with Crippen molar-refractivity contribution in [3.8, 4) is 0 Å². The number of nitrogens with two attached hydrogens (primary N) is 1. The van der Waals surface area contributed by atoms with Crippen LogP contribution in [0.2, 0.25) is 5.02 Å². The largest absolute Gasteiger partial charge is 0.365 e. The van der Waals surface area contributed by atoms with Gasteiger partial charge in [0.2, 0.25) is 5.91 Å². The van der Waals surface area contributed by atoms with E-state index in [9.17, 15) is 9.59 Å². The first-order chi connectivity index (χ1) is 14.4. The second-order valence-corrected chi connectivity index (χ2v) is 8.91. The molecule has 7 heteroatoms. The van der Waals surface area contributed by atoms with E-state index in [2.05, 4.69) is 9.97 Å². The van der Waals surface area contributed by atoms with Gasteiger partial charge in [0.25, 0.3) is 5.91 Å². The number of aromatic nitrogens is 2. The Morgan fingerprint density at radius 2 is 1.87 bits per heavy atom. The number of likely N-dealkylation sites (tertiary alicyclic amines) is 1. The van der Waals surface area contributed by atoms with Crippen LogP contribution >= 0.6 is 11.6 Å². The predicted octanol–water partition coefficient (Wildman–Crippen LogP) is 3.76. The highest BCUT2D eigenvalue weighted by Gasteiger charge is 2.45. The molecule has 1 aliphatic carbocycles. The molecule has 6 nitrogen and oxygen atoms in total. The Morgan fingerprint density at radius 3 is 2.50 bits per heavy atom. The molecule has 2 N–H and O–H groups in total. The van der Waals surface area contributed by atoms with Crippen LogP contribution in [0.3, 0.4) is 0 Å². The van der Waals surface area contributed by atoms with E-state index in [0.29, 0.717) is 35.2 Å². The van der Waals surface area contributed by atoms with E-state index in [1.807, 2.05) is 29.2 Å². The van der Waals surface area contributed by atoms with Gasteiger partial charge in [0.15, 0.2) is 0 Å². The Kier molecular flexibility index (Phi) is 5.78. The first-order valence-corrected chi connectivity index (χ1v) is 11.0. The van der Waals surface area contributed by atoms with Crippen LogP contribution in [-0.2, 0) is 10.2 Å². The minimum Gasteiger partial charge on any atom is -0.365 e. The van der Waals surface area contributed by atoms with Gasteiger partial charge in [0, 0.05) is 30.2 Å². The van der Waals surface area contributed by atoms with Crippen LogP contribution in [0.25, 0.3) is 0 Å². The van der Waals surface area contributed by atoms with Gasteiger partial charge in [0.1, 0.15) is 5.82 Å². The molecule has 2 fully saturated rings. The van der Waals surface area contributed by atoms with E-state index >= 15 is 0 Å². The second kappa shape index (κ2) is 8.34. The summed E-state index contributed by atoms with van der Waals surface area (Å²) >= 11 is 6.09. The maximum absolute atomic E-state index is 13.8. The predicted molar refractivity (Wildman–Crippen MR) is 115 cm³/mol. The Morgan fingerprint density at radius 1 is 1.17 bits per heavy atom. The number of primary amides is 1. The Hall–Kier alpha value is -2.47. The molecule has 0 bridgehead atoms. The normalized spacial score (nSPS) is 20.9. The Labute approximate surface area is 181 Å². The second-order valence-electron chi connectivity index (χ2n) is 8.48. The number of benzene rings is 1. The Balaban J connectivity index is 1.56. The molecule has 1 aromatic carbocycles. The van der Waals surface area contributed by atoms with Gasteiger partial charge < -0.3 is 10.6 Å². The molecule has 2 aliphatic rings. The number of carbonyl (C=O) groups excluding carboxylic acids is 2. The molecule has 1 atom stereocenters. The van der Waals surface area contributed by atoms with Gasteiger partial charge in [-0.1, -0.05) is 43.0 Å². The molecule has 1 saturated carbocycles. The molecule has 0 radical (unpaired) electrons. The molecule has 0 spiro atoms. The van der Waals surface area contributed by atoms with E-state index in [4.69, 9.17) is 17.3 Å². The first kappa shape index (κ1) is 20.8. The SMILES string of the molecule is Cc1nc([C@H]2CCN(C(=O)C3(c4ccc(Cl)cc4)CCCCC3)C2)ncc1C(N)=O. The minimum atomic E-state index is -0.524. The molecule has 1 saturated heterocycles. The topological polar surface area (TPSA) is 89.2 Å². The lowest BCUT2D eigenvalue weighted by Gasteiger charge is -2.39. The van der Waals surface area contributed by atoms with Crippen molar-refractivity contribution in [2.45, 2.75) is 56.8 Å². The van der Waals surface area contributed by atoms with Crippen molar-refractivity contribution >= 4 is 23.4 Å². The molecule has 1 aromatic heterocycles. The third-order valence-electron chi connectivity index (χ3n) is 6.62. The van der Waals surface area contributed by atoms with Gasteiger partial charge >= 0.3 is 0 Å². The summed E-state index contributed by atoms with van der Waals surface area (Å²) in [6.07, 6.45) is 7.35. The fourth-order valence-corrected chi connectivity index (χ4v) is 5.06. The van der Waals surface area contributed by atoms with Gasteiger partial charge in [-0.3, -0.25) is 9.59 Å². The molecule has 0 unspecified atom stereocenters.